The minimum atomic E-state index is -2.01. The first kappa shape index (κ1) is 22.3. The number of carboxylic acids is 1. The molecule has 5 rings (SSSR count). The van der Waals surface area contributed by atoms with E-state index in [0.29, 0.717) is 29.9 Å². The van der Waals surface area contributed by atoms with Crippen LogP contribution in [-0.2, 0) is 27.2 Å². The maximum atomic E-state index is 13.9. The Kier molecular flexibility index (Phi) is 5.30. The molecule has 2 fully saturated rings. The zero-order chi connectivity index (χ0) is 24.2. The van der Waals surface area contributed by atoms with Crippen LogP contribution < -0.4 is 10.2 Å². The van der Waals surface area contributed by atoms with Gasteiger partial charge >= 0.3 is 5.97 Å². The fourth-order valence-electron chi connectivity index (χ4n) is 5.54. The third-order valence-electron chi connectivity index (χ3n) is 7.22. The lowest BCUT2D eigenvalue weighted by Gasteiger charge is -2.29. The van der Waals surface area contributed by atoms with Crippen molar-refractivity contribution in [1.29, 1.82) is 0 Å². The van der Waals surface area contributed by atoms with Crippen molar-refractivity contribution in [1.82, 2.24) is 5.32 Å². The van der Waals surface area contributed by atoms with E-state index in [-0.39, 0.29) is 0 Å². The molecular weight excluding hydrogens is 436 g/mol. The van der Waals surface area contributed by atoms with Gasteiger partial charge in [0, 0.05) is 5.39 Å². The summed E-state index contributed by atoms with van der Waals surface area (Å²) in [5, 5.41) is 24.1. The van der Waals surface area contributed by atoms with Gasteiger partial charge in [-0.25, -0.2) is 4.90 Å². The van der Waals surface area contributed by atoms with Gasteiger partial charge in [-0.15, -0.1) is 0 Å². The van der Waals surface area contributed by atoms with E-state index in [2.05, 4.69) is 5.32 Å². The average Bonchev–Trinajstić information content (AvgIpc) is 3.50. The van der Waals surface area contributed by atoms with Crippen molar-refractivity contribution in [2.45, 2.75) is 38.3 Å². The second kappa shape index (κ2) is 8.07. The van der Waals surface area contributed by atoms with Gasteiger partial charge in [-0.3, -0.25) is 19.7 Å². The summed E-state index contributed by atoms with van der Waals surface area (Å²) in [5.74, 6) is -4.45. The number of hydrogen-bond acceptors (Lipinski definition) is 6. The van der Waals surface area contributed by atoms with Crippen molar-refractivity contribution in [3.8, 4) is 0 Å². The van der Waals surface area contributed by atoms with Crippen molar-refractivity contribution in [2.75, 3.05) is 11.5 Å². The van der Waals surface area contributed by atoms with Crippen LogP contribution in [0.15, 0.2) is 52.9 Å². The fourth-order valence-corrected chi connectivity index (χ4v) is 5.54. The number of carboxylic acid groups (broad SMARTS) is 1. The molecule has 176 valence electrons. The molecular formula is C26H26N2O6. The number of aliphatic hydroxyl groups excluding tert-OH is 1. The van der Waals surface area contributed by atoms with E-state index >= 15 is 0 Å². The maximum Gasteiger partial charge on any atom is 0.327 e. The van der Waals surface area contributed by atoms with Crippen LogP contribution in [0.25, 0.3) is 11.0 Å². The number of furan rings is 1. The van der Waals surface area contributed by atoms with E-state index in [1.807, 2.05) is 50.2 Å². The number of hydrogen-bond donors (Lipinski definition) is 3. The van der Waals surface area contributed by atoms with Gasteiger partial charge in [0.1, 0.15) is 11.3 Å². The topological polar surface area (TPSA) is 120 Å². The Hall–Kier alpha value is -3.49. The van der Waals surface area contributed by atoms with Gasteiger partial charge in [0.05, 0.1) is 30.2 Å². The number of benzene rings is 2. The van der Waals surface area contributed by atoms with Crippen LogP contribution in [0.1, 0.15) is 36.8 Å². The number of nitrogens with zero attached hydrogens (tertiary/aromatic N) is 1. The monoisotopic (exact) mass is 462 g/mol. The Morgan fingerprint density at radius 1 is 1.06 bits per heavy atom. The highest BCUT2D eigenvalue weighted by molar-refractivity contribution is 6.25. The third-order valence-corrected chi connectivity index (χ3v) is 7.22. The number of nitrogens with one attached hydrogen (secondary N) is 1. The minimum Gasteiger partial charge on any atom is -0.480 e. The Morgan fingerprint density at radius 3 is 2.32 bits per heavy atom. The number of amides is 2. The van der Waals surface area contributed by atoms with Crippen LogP contribution >= 0.6 is 0 Å². The van der Waals surface area contributed by atoms with E-state index in [0.717, 1.165) is 21.4 Å². The fraction of sp³-hybridized carbons (Fsp3) is 0.346. The summed E-state index contributed by atoms with van der Waals surface area (Å²) >= 11 is 0. The summed E-state index contributed by atoms with van der Waals surface area (Å²) < 4.78 is 5.97. The highest BCUT2D eigenvalue weighted by atomic mass is 16.4. The van der Waals surface area contributed by atoms with E-state index < -0.39 is 47.8 Å². The molecule has 2 saturated heterocycles. The van der Waals surface area contributed by atoms with Crippen LogP contribution in [0.4, 0.5) is 5.69 Å². The van der Waals surface area contributed by atoms with E-state index in [9.17, 15) is 24.6 Å². The molecule has 1 aromatic heterocycles. The highest BCUT2D eigenvalue weighted by Crippen LogP contribution is 2.51. The number of aryl methyl sites for hydroxylation is 2. The van der Waals surface area contributed by atoms with Gasteiger partial charge in [0.2, 0.25) is 11.8 Å². The molecule has 34 heavy (non-hydrogen) atoms. The van der Waals surface area contributed by atoms with Crippen molar-refractivity contribution >= 4 is 34.4 Å². The van der Waals surface area contributed by atoms with E-state index in [4.69, 9.17) is 4.42 Å². The molecule has 0 aliphatic carbocycles. The molecule has 2 aromatic carbocycles. The molecule has 3 aromatic rings. The summed E-state index contributed by atoms with van der Waals surface area (Å²) in [6.07, 6.45) is 1.20. The van der Waals surface area contributed by atoms with Crippen LogP contribution in [0.5, 0.6) is 0 Å². The second-order valence-corrected chi connectivity index (χ2v) is 8.89. The molecule has 0 spiro atoms. The van der Waals surface area contributed by atoms with Crippen LogP contribution in [0, 0.1) is 11.8 Å². The molecule has 8 heteroatoms. The smallest absolute Gasteiger partial charge is 0.327 e. The summed E-state index contributed by atoms with van der Waals surface area (Å²) in [4.78, 5) is 41.3. The summed E-state index contributed by atoms with van der Waals surface area (Å²) in [7, 11) is 0. The number of rotatable bonds is 6. The van der Waals surface area contributed by atoms with Crippen molar-refractivity contribution in [2.24, 2.45) is 11.8 Å². The lowest BCUT2D eigenvalue weighted by atomic mass is 9.80. The number of fused-ring (bicyclic) bond motifs is 2. The Labute approximate surface area is 196 Å². The molecule has 0 radical (unpaired) electrons. The first-order valence-electron chi connectivity index (χ1n) is 11.5. The molecule has 2 amide bonds. The predicted octanol–water partition coefficient (Wildman–Crippen LogP) is 2.82. The maximum absolute atomic E-state index is 13.9. The number of carbonyl (C=O) groups is 3. The van der Waals surface area contributed by atoms with Gasteiger partial charge in [-0.2, -0.15) is 0 Å². The first-order valence-corrected chi connectivity index (χ1v) is 11.5. The van der Waals surface area contributed by atoms with E-state index in [1.165, 1.54) is 0 Å². The molecule has 2 aliphatic rings. The SMILES string of the molecule is CCc1cccc(CC)c1N1C(=O)C2C(c3cc4ccccc4o3)NC(CO)(C(=O)O)C2C1=O. The first-order chi connectivity index (χ1) is 16.4. The molecule has 3 heterocycles. The normalized spacial score (nSPS) is 26.4. The third kappa shape index (κ3) is 2.95. The Balaban J connectivity index is 1.69. The van der Waals surface area contributed by atoms with E-state index in [1.54, 1.807) is 12.1 Å². The molecule has 0 bridgehead atoms. The quantitative estimate of drug-likeness (QED) is 0.482. The number of carbonyl (C=O) groups excluding carboxylic acids is 2. The molecule has 3 N–H and O–H groups in total. The summed E-state index contributed by atoms with van der Waals surface area (Å²) in [5.41, 5.74) is 0.769. The zero-order valence-corrected chi connectivity index (χ0v) is 18.9. The number of para-hydroxylation sites is 2. The minimum absolute atomic E-state index is 0.357. The molecule has 0 saturated carbocycles. The van der Waals surface area contributed by atoms with Gasteiger partial charge in [0.15, 0.2) is 5.54 Å². The van der Waals surface area contributed by atoms with Gasteiger partial charge in [0.25, 0.3) is 0 Å². The Bertz CT molecular complexity index is 1260. The second-order valence-electron chi connectivity index (χ2n) is 8.89. The van der Waals surface area contributed by atoms with Crippen molar-refractivity contribution in [3.63, 3.8) is 0 Å². The number of aliphatic carboxylic acids is 1. The zero-order valence-electron chi connectivity index (χ0n) is 18.9. The van der Waals surface area contributed by atoms with Gasteiger partial charge < -0.3 is 14.6 Å². The number of imide groups is 1. The molecule has 8 nitrogen and oxygen atoms in total. The van der Waals surface area contributed by atoms with Crippen LogP contribution in [-0.4, -0.2) is 40.1 Å². The number of aliphatic hydroxyl groups is 1. The summed E-state index contributed by atoms with van der Waals surface area (Å²) in [6, 6.07) is 13.8. The number of anilines is 1. The summed E-state index contributed by atoms with van der Waals surface area (Å²) in [6.45, 7) is 3.04. The van der Waals surface area contributed by atoms with Crippen molar-refractivity contribution < 1.29 is 29.0 Å². The lowest BCUT2D eigenvalue weighted by molar-refractivity contribution is -0.150. The standard InChI is InChI=1S/C26H26N2O6/c1-3-14-9-7-10-15(4-2)22(14)28-23(30)19-20(24(28)31)26(13-29,25(32)33)27-21(19)18-12-16-8-5-6-11-17(16)34-18/h5-12,19-21,27,29H,3-4,13H2,1-2H3,(H,32,33). The van der Waals surface area contributed by atoms with Crippen LogP contribution in [0.2, 0.25) is 0 Å². The molecule has 4 unspecified atom stereocenters. The lowest BCUT2D eigenvalue weighted by Crippen LogP contribution is -2.58. The largest absolute Gasteiger partial charge is 0.480 e. The predicted molar refractivity (Wildman–Crippen MR) is 124 cm³/mol. The van der Waals surface area contributed by atoms with Crippen molar-refractivity contribution in [3.05, 3.63) is 65.4 Å². The van der Waals surface area contributed by atoms with Gasteiger partial charge in [-0.05, 0) is 36.1 Å². The molecule has 2 aliphatic heterocycles. The molecule has 4 atom stereocenters. The highest BCUT2D eigenvalue weighted by Gasteiger charge is 2.69. The van der Waals surface area contributed by atoms with Crippen LogP contribution in [0.3, 0.4) is 0 Å². The van der Waals surface area contributed by atoms with Gasteiger partial charge in [-0.1, -0.05) is 50.2 Å². The average molecular weight is 463 g/mol. The Morgan fingerprint density at radius 2 is 1.74 bits per heavy atom.